The molecule has 3 N–H and O–H groups in total. The van der Waals surface area contributed by atoms with Crippen molar-refractivity contribution in [1.82, 2.24) is 5.32 Å². The van der Waals surface area contributed by atoms with Gasteiger partial charge in [-0.1, -0.05) is 39.8 Å². The second-order valence-corrected chi connectivity index (χ2v) is 10.2. The first-order valence-electron chi connectivity index (χ1n) is 11.6. The Morgan fingerprint density at radius 2 is 1.85 bits per heavy atom. The van der Waals surface area contributed by atoms with Crippen molar-refractivity contribution in [2.45, 2.75) is 12.8 Å². The summed E-state index contributed by atoms with van der Waals surface area (Å²) in [4.78, 5) is 38.4. The Morgan fingerprint density at radius 1 is 1.10 bits per heavy atom. The van der Waals surface area contributed by atoms with Crippen molar-refractivity contribution in [3.05, 3.63) is 105 Å². The number of dihydropyridines is 1. The molecule has 2 aromatic carbocycles. The fourth-order valence-electron chi connectivity index (χ4n) is 4.01. The van der Waals surface area contributed by atoms with Gasteiger partial charge in [-0.15, -0.1) is 0 Å². The number of amides is 2. The van der Waals surface area contributed by atoms with Crippen molar-refractivity contribution in [3.8, 4) is 6.07 Å². The molecule has 9 nitrogen and oxygen atoms in total. The Hall–Kier alpha value is -4.27. The van der Waals surface area contributed by atoms with Gasteiger partial charge in [0.25, 0.3) is 5.91 Å². The minimum absolute atomic E-state index is 0.0236. The predicted octanol–water partition coefficient (Wildman–Crippen LogP) is 5.54. The quantitative estimate of drug-likeness (QED) is 0.285. The maximum atomic E-state index is 13.6. The van der Waals surface area contributed by atoms with E-state index < -0.39 is 17.8 Å². The number of nitriles is 1. The smallest absolute Gasteiger partial charge is 0.339 e. The average Bonchev–Trinajstić information content (AvgIpc) is 3.47. The molecule has 39 heavy (non-hydrogen) atoms. The van der Waals surface area contributed by atoms with Gasteiger partial charge in [-0.25, -0.2) is 4.79 Å². The minimum Gasteiger partial charge on any atom is -0.468 e. The molecule has 2 amide bonds. The molecule has 0 bridgehead atoms. The van der Waals surface area contributed by atoms with E-state index in [-0.39, 0.29) is 34.1 Å². The second kappa shape index (κ2) is 12.5. The van der Waals surface area contributed by atoms with Gasteiger partial charge in [0, 0.05) is 15.9 Å². The molecule has 1 atom stereocenters. The molecule has 3 aromatic rings. The summed E-state index contributed by atoms with van der Waals surface area (Å²) in [6, 6.07) is 19.2. The third kappa shape index (κ3) is 6.42. The number of anilines is 2. The number of nitrogens with one attached hydrogen (secondary N) is 3. The van der Waals surface area contributed by atoms with Crippen LogP contribution in [-0.2, 0) is 14.3 Å². The van der Waals surface area contributed by atoms with Crippen molar-refractivity contribution in [3.63, 3.8) is 0 Å². The van der Waals surface area contributed by atoms with E-state index >= 15 is 0 Å². The van der Waals surface area contributed by atoms with Crippen molar-refractivity contribution >= 4 is 56.9 Å². The van der Waals surface area contributed by atoms with Crippen LogP contribution in [0.25, 0.3) is 0 Å². The average molecular weight is 607 g/mol. The Labute approximate surface area is 237 Å². The first kappa shape index (κ1) is 27.8. The zero-order chi connectivity index (χ0) is 27.9. The van der Waals surface area contributed by atoms with E-state index in [2.05, 4.69) is 37.9 Å². The van der Waals surface area contributed by atoms with Crippen LogP contribution in [0.15, 0.2) is 97.7 Å². The van der Waals surface area contributed by atoms with Crippen molar-refractivity contribution in [2.24, 2.45) is 0 Å². The van der Waals surface area contributed by atoms with Gasteiger partial charge in [0.15, 0.2) is 0 Å². The second-order valence-electron chi connectivity index (χ2n) is 8.30. The van der Waals surface area contributed by atoms with Crippen LogP contribution in [0.5, 0.6) is 0 Å². The number of halogens is 1. The van der Waals surface area contributed by atoms with E-state index in [0.29, 0.717) is 22.2 Å². The summed E-state index contributed by atoms with van der Waals surface area (Å²) < 4.78 is 11.4. The zero-order valence-electron chi connectivity index (χ0n) is 20.9. The molecule has 0 aliphatic carbocycles. The molecule has 2 heterocycles. The molecule has 0 unspecified atom stereocenters. The number of rotatable bonds is 8. The van der Waals surface area contributed by atoms with E-state index in [1.165, 1.54) is 13.4 Å². The number of hydrogen-bond donors (Lipinski definition) is 3. The minimum atomic E-state index is -0.839. The molecular formula is C28H23BrN4O5S. The topological polar surface area (TPSA) is 133 Å². The van der Waals surface area contributed by atoms with Crippen molar-refractivity contribution in [1.29, 1.82) is 5.26 Å². The number of nitrogens with zero attached hydrogens (tertiary/aromatic N) is 1. The van der Waals surface area contributed by atoms with E-state index in [9.17, 15) is 19.6 Å². The number of benzene rings is 2. The summed E-state index contributed by atoms with van der Waals surface area (Å²) >= 11 is 4.51. The monoisotopic (exact) mass is 606 g/mol. The molecule has 0 saturated heterocycles. The molecule has 0 saturated carbocycles. The van der Waals surface area contributed by atoms with Crippen LogP contribution in [0, 0.1) is 11.3 Å². The van der Waals surface area contributed by atoms with Gasteiger partial charge >= 0.3 is 5.97 Å². The molecular weight excluding hydrogens is 584 g/mol. The van der Waals surface area contributed by atoms with Gasteiger partial charge in [0.2, 0.25) is 5.91 Å². The summed E-state index contributed by atoms with van der Waals surface area (Å²) in [5.74, 6) is -1.81. The van der Waals surface area contributed by atoms with Crippen LogP contribution in [0.1, 0.15) is 29.0 Å². The lowest BCUT2D eigenvalue weighted by Gasteiger charge is -2.28. The maximum absolute atomic E-state index is 13.6. The van der Waals surface area contributed by atoms with Crippen LogP contribution >= 0.6 is 27.7 Å². The number of hydrogen-bond acceptors (Lipinski definition) is 8. The van der Waals surface area contributed by atoms with Crippen LogP contribution in [0.4, 0.5) is 11.4 Å². The van der Waals surface area contributed by atoms with Gasteiger partial charge in [0.1, 0.15) is 5.76 Å². The van der Waals surface area contributed by atoms with Gasteiger partial charge < -0.3 is 25.1 Å². The first-order chi connectivity index (χ1) is 18.8. The zero-order valence-corrected chi connectivity index (χ0v) is 23.3. The third-order valence-corrected chi connectivity index (χ3v) is 7.32. The van der Waals surface area contributed by atoms with E-state index in [1.807, 2.05) is 12.1 Å². The number of methoxy groups -OCH3 is 1. The van der Waals surface area contributed by atoms with Gasteiger partial charge in [-0.3, -0.25) is 9.59 Å². The molecule has 4 rings (SSSR count). The summed E-state index contributed by atoms with van der Waals surface area (Å²) in [5.41, 5.74) is 2.03. The van der Waals surface area contributed by atoms with E-state index in [1.54, 1.807) is 55.5 Å². The lowest BCUT2D eigenvalue weighted by Crippen LogP contribution is -2.31. The van der Waals surface area contributed by atoms with Crippen LogP contribution in [-0.4, -0.2) is 30.6 Å². The highest BCUT2D eigenvalue weighted by atomic mass is 79.9. The normalized spacial score (nSPS) is 14.8. The lowest BCUT2D eigenvalue weighted by atomic mass is 9.85. The van der Waals surface area contributed by atoms with Crippen molar-refractivity contribution in [2.75, 3.05) is 23.5 Å². The highest BCUT2D eigenvalue weighted by Gasteiger charge is 2.37. The number of furan rings is 1. The highest BCUT2D eigenvalue weighted by molar-refractivity contribution is 9.10. The molecule has 11 heteroatoms. The molecule has 0 spiro atoms. The summed E-state index contributed by atoms with van der Waals surface area (Å²) in [6.45, 7) is 1.70. The molecule has 0 fully saturated rings. The fourth-order valence-corrected chi connectivity index (χ4v) is 5.16. The van der Waals surface area contributed by atoms with Crippen LogP contribution in [0.2, 0.25) is 0 Å². The number of allylic oxidation sites excluding steroid dienone is 2. The molecule has 1 aromatic heterocycles. The Balaban J connectivity index is 1.60. The van der Waals surface area contributed by atoms with Gasteiger partial charge in [-0.05, 0) is 55.5 Å². The summed E-state index contributed by atoms with van der Waals surface area (Å²) in [6.07, 6.45) is 1.46. The number of carbonyl (C=O) groups is 3. The molecule has 0 radical (unpaired) electrons. The van der Waals surface area contributed by atoms with Gasteiger partial charge in [0.05, 0.1) is 58.5 Å². The molecule has 1 aliphatic rings. The van der Waals surface area contributed by atoms with E-state index in [0.717, 1.165) is 16.2 Å². The Bertz CT molecular complexity index is 1510. The Morgan fingerprint density at radius 3 is 2.51 bits per heavy atom. The molecule has 1 aliphatic heterocycles. The SMILES string of the molecule is COC(=O)c1ccccc1NC(=O)C1=C(C)NC(SCC(=O)Nc2ccc(Br)cc2)=C(C#N)[C@@H]1c1ccco1. The summed E-state index contributed by atoms with van der Waals surface area (Å²) in [7, 11) is 1.26. The van der Waals surface area contributed by atoms with E-state index in [4.69, 9.17) is 9.15 Å². The largest absolute Gasteiger partial charge is 0.468 e. The number of para-hydroxylation sites is 1. The number of esters is 1. The number of ether oxygens (including phenoxy) is 1. The fraction of sp³-hybridized carbons (Fsp3) is 0.143. The van der Waals surface area contributed by atoms with Crippen LogP contribution < -0.4 is 16.0 Å². The predicted molar refractivity (Wildman–Crippen MR) is 152 cm³/mol. The summed E-state index contributed by atoms with van der Waals surface area (Å²) in [5, 5.41) is 19.3. The number of thioether (sulfide) groups is 1. The maximum Gasteiger partial charge on any atom is 0.339 e. The molecule has 198 valence electrons. The van der Waals surface area contributed by atoms with Crippen molar-refractivity contribution < 1.29 is 23.5 Å². The van der Waals surface area contributed by atoms with Crippen LogP contribution in [0.3, 0.4) is 0 Å². The number of carbonyl (C=O) groups excluding carboxylic acids is 3. The highest BCUT2D eigenvalue weighted by Crippen LogP contribution is 2.41. The first-order valence-corrected chi connectivity index (χ1v) is 13.4. The lowest BCUT2D eigenvalue weighted by molar-refractivity contribution is -0.114. The Kier molecular flexibility index (Phi) is 8.91. The standard InChI is InChI=1S/C28H23BrN4O5S/c1-16-24(26(35)33-21-7-4-3-6-19(21)28(36)37-2)25(22-8-5-13-38-22)20(14-30)27(31-16)39-15-23(34)32-18-11-9-17(29)10-12-18/h3-13,25,31H,15H2,1-2H3,(H,32,34)(H,33,35)/t25-/m1/s1. The third-order valence-electron chi connectivity index (χ3n) is 5.78. The van der Waals surface area contributed by atoms with Gasteiger partial charge in [-0.2, -0.15) is 5.26 Å².